The summed E-state index contributed by atoms with van der Waals surface area (Å²) in [6.45, 7) is 0.789. The summed E-state index contributed by atoms with van der Waals surface area (Å²) in [5.74, 6) is 0.512. The predicted molar refractivity (Wildman–Crippen MR) is 70.3 cm³/mol. The lowest BCUT2D eigenvalue weighted by Gasteiger charge is -2.27. The van der Waals surface area contributed by atoms with Crippen LogP contribution in [-0.2, 0) is 0 Å². The summed E-state index contributed by atoms with van der Waals surface area (Å²) in [4.78, 5) is 24.4. The van der Waals surface area contributed by atoms with Crippen LogP contribution in [-0.4, -0.2) is 28.3 Å². The third-order valence-corrected chi connectivity index (χ3v) is 4.38. The highest BCUT2D eigenvalue weighted by Crippen LogP contribution is 2.38. The molecule has 2 aliphatic rings. The molecule has 1 saturated heterocycles. The molecule has 2 unspecified atom stereocenters. The number of hydrogen-bond donors (Lipinski definition) is 0. The smallest absolute Gasteiger partial charge is 0.270 e. The van der Waals surface area contributed by atoms with Gasteiger partial charge in [-0.2, -0.15) is 0 Å². The number of nitro benzene ring substituents is 1. The molecule has 19 heavy (non-hydrogen) atoms. The first-order valence-corrected chi connectivity index (χ1v) is 6.69. The highest BCUT2D eigenvalue weighted by molar-refractivity contribution is 6.34. The van der Waals surface area contributed by atoms with E-state index in [9.17, 15) is 14.9 Å². The summed E-state index contributed by atoms with van der Waals surface area (Å²) in [5.41, 5.74) is 0.268. The second kappa shape index (κ2) is 4.49. The fourth-order valence-corrected chi connectivity index (χ4v) is 3.37. The summed E-state index contributed by atoms with van der Waals surface area (Å²) in [6, 6.07) is 4.34. The number of piperidine rings is 1. The number of halogens is 1. The summed E-state index contributed by atoms with van der Waals surface area (Å²) in [7, 11) is 0. The maximum atomic E-state index is 12.4. The van der Waals surface area contributed by atoms with E-state index in [1.54, 1.807) is 0 Å². The Morgan fingerprint density at radius 2 is 2.21 bits per heavy atom. The van der Waals surface area contributed by atoms with Crippen LogP contribution in [0.1, 0.15) is 29.6 Å². The van der Waals surface area contributed by atoms with E-state index >= 15 is 0 Å². The maximum absolute atomic E-state index is 12.4. The van der Waals surface area contributed by atoms with Gasteiger partial charge in [0.1, 0.15) is 0 Å². The average Bonchev–Trinajstić information content (AvgIpc) is 3.00. The molecule has 0 N–H and O–H groups in total. The van der Waals surface area contributed by atoms with E-state index in [0.717, 1.165) is 19.4 Å². The van der Waals surface area contributed by atoms with E-state index in [1.165, 1.54) is 24.6 Å². The van der Waals surface area contributed by atoms with E-state index in [0.29, 0.717) is 17.5 Å². The van der Waals surface area contributed by atoms with E-state index < -0.39 is 4.92 Å². The molecule has 1 aromatic carbocycles. The Morgan fingerprint density at radius 1 is 1.42 bits per heavy atom. The van der Waals surface area contributed by atoms with Crippen LogP contribution in [0.15, 0.2) is 18.2 Å². The van der Waals surface area contributed by atoms with Crippen LogP contribution in [0.4, 0.5) is 5.69 Å². The molecule has 2 fully saturated rings. The van der Waals surface area contributed by atoms with Gasteiger partial charge >= 0.3 is 0 Å². The van der Waals surface area contributed by atoms with Gasteiger partial charge in [-0.1, -0.05) is 11.6 Å². The average molecular weight is 281 g/mol. The van der Waals surface area contributed by atoms with Gasteiger partial charge in [-0.3, -0.25) is 14.9 Å². The van der Waals surface area contributed by atoms with E-state index in [-0.39, 0.29) is 16.6 Å². The molecule has 1 aromatic rings. The van der Waals surface area contributed by atoms with Crippen LogP contribution in [0, 0.1) is 16.0 Å². The SMILES string of the molecule is O=C(c1ccc([N+](=O)[O-])cc1Cl)N1CC2CCC1C2. The fourth-order valence-electron chi connectivity index (χ4n) is 3.12. The van der Waals surface area contributed by atoms with Crippen LogP contribution in [0.25, 0.3) is 0 Å². The van der Waals surface area contributed by atoms with Crippen molar-refractivity contribution in [3.8, 4) is 0 Å². The number of fused-ring (bicyclic) bond motifs is 2. The number of non-ortho nitro benzene ring substituents is 1. The van der Waals surface area contributed by atoms with Gasteiger partial charge in [0.2, 0.25) is 0 Å². The first-order chi connectivity index (χ1) is 9.06. The summed E-state index contributed by atoms with van der Waals surface area (Å²) >= 11 is 6.00. The topological polar surface area (TPSA) is 63.4 Å². The Kier molecular flexibility index (Phi) is 2.93. The van der Waals surface area contributed by atoms with Gasteiger partial charge < -0.3 is 4.90 Å². The summed E-state index contributed by atoms with van der Waals surface area (Å²) in [5, 5.41) is 10.8. The van der Waals surface area contributed by atoms with Gasteiger partial charge in [-0.25, -0.2) is 0 Å². The standard InChI is InChI=1S/C13H13ClN2O3/c14-12-6-10(16(18)19)3-4-11(12)13(17)15-7-8-1-2-9(15)5-8/h3-4,6,8-9H,1-2,5,7H2. The van der Waals surface area contributed by atoms with Crippen molar-refractivity contribution in [2.75, 3.05) is 6.54 Å². The fraction of sp³-hybridized carbons (Fsp3) is 0.462. The molecule has 5 nitrogen and oxygen atoms in total. The van der Waals surface area contributed by atoms with Gasteiger partial charge in [0.25, 0.3) is 11.6 Å². The van der Waals surface area contributed by atoms with Crippen molar-refractivity contribution >= 4 is 23.2 Å². The zero-order chi connectivity index (χ0) is 13.6. The molecule has 1 aliphatic carbocycles. The Bertz CT molecular complexity index is 561. The number of rotatable bonds is 2. The lowest BCUT2D eigenvalue weighted by atomic mass is 10.1. The zero-order valence-corrected chi connectivity index (χ0v) is 11.0. The molecule has 1 amide bonds. The molecule has 0 spiro atoms. The highest BCUT2D eigenvalue weighted by atomic mass is 35.5. The number of carbonyl (C=O) groups excluding carboxylic acids is 1. The molecule has 3 rings (SSSR count). The number of hydrogen-bond acceptors (Lipinski definition) is 3. The molecule has 2 bridgehead atoms. The second-order valence-electron chi connectivity index (χ2n) is 5.21. The van der Waals surface area contributed by atoms with Gasteiger partial charge in [0.15, 0.2) is 0 Å². The van der Waals surface area contributed by atoms with Gasteiger partial charge in [-0.15, -0.1) is 0 Å². The van der Waals surface area contributed by atoms with Crippen LogP contribution in [0.3, 0.4) is 0 Å². The van der Waals surface area contributed by atoms with Crippen LogP contribution in [0.2, 0.25) is 5.02 Å². The first-order valence-electron chi connectivity index (χ1n) is 6.31. The quantitative estimate of drug-likeness (QED) is 0.618. The maximum Gasteiger partial charge on any atom is 0.270 e. The minimum atomic E-state index is -0.516. The van der Waals surface area contributed by atoms with Crippen LogP contribution in [0.5, 0.6) is 0 Å². The van der Waals surface area contributed by atoms with Crippen molar-refractivity contribution < 1.29 is 9.72 Å². The molecule has 1 aliphatic heterocycles. The first kappa shape index (κ1) is 12.4. The molecule has 1 heterocycles. The molecular weight excluding hydrogens is 268 g/mol. The van der Waals surface area contributed by atoms with Gasteiger partial charge in [-0.05, 0) is 31.2 Å². The molecule has 2 atom stereocenters. The van der Waals surface area contributed by atoms with Crippen molar-refractivity contribution in [2.45, 2.75) is 25.3 Å². The van der Waals surface area contributed by atoms with Gasteiger partial charge in [0.05, 0.1) is 15.5 Å². The normalized spacial score (nSPS) is 24.8. The van der Waals surface area contributed by atoms with Crippen molar-refractivity contribution in [3.05, 3.63) is 38.9 Å². The lowest BCUT2D eigenvalue weighted by molar-refractivity contribution is -0.384. The lowest BCUT2D eigenvalue weighted by Crippen LogP contribution is -2.37. The minimum Gasteiger partial charge on any atom is -0.335 e. The van der Waals surface area contributed by atoms with Crippen molar-refractivity contribution in [1.29, 1.82) is 0 Å². The third-order valence-electron chi connectivity index (χ3n) is 4.06. The molecule has 100 valence electrons. The highest BCUT2D eigenvalue weighted by Gasteiger charge is 2.40. The molecule has 1 saturated carbocycles. The summed E-state index contributed by atoms with van der Waals surface area (Å²) < 4.78 is 0. The van der Waals surface area contributed by atoms with E-state index in [2.05, 4.69) is 0 Å². The Hall–Kier alpha value is -1.62. The Balaban J connectivity index is 1.86. The van der Waals surface area contributed by atoms with Crippen LogP contribution >= 0.6 is 11.6 Å². The monoisotopic (exact) mass is 280 g/mol. The molecule has 0 radical (unpaired) electrons. The third kappa shape index (κ3) is 2.08. The summed E-state index contributed by atoms with van der Waals surface area (Å²) in [6.07, 6.45) is 3.33. The minimum absolute atomic E-state index is 0.0931. The Labute approximate surface area is 115 Å². The molecule has 6 heteroatoms. The second-order valence-corrected chi connectivity index (χ2v) is 5.62. The largest absolute Gasteiger partial charge is 0.335 e. The van der Waals surface area contributed by atoms with Crippen molar-refractivity contribution in [3.63, 3.8) is 0 Å². The van der Waals surface area contributed by atoms with E-state index in [4.69, 9.17) is 11.6 Å². The number of carbonyl (C=O) groups is 1. The van der Waals surface area contributed by atoms with Crippen molar-refractivity contribution in [2.24, 2.45) is 5.92 Å². The number of nitrogens with zero attached hydrogens (tertiary/aromatic N) is 2. The zero-order valence-electron chi connectivity index (χ0n) is 10.2. The number of nitro groups is 1. The number of benzene rings is 1. The molecule has 0 aromatic heterocycles. The van der Waals surface area contributed by atoms with Gasteiger partial charge in [0, 0.05) is 24.7 Å². The number of likely N-dealkylation sites (tertiary alicyclic amines) is 1. The Morgan fingerprint density at radius 3 is 2.74 bits per heavy atom. The number of amides is 1. The molecular formula is C13H13ClN2O3. The van der Waals surface area contributed by atoms with Crippen LogP contribution < -0.4 is 0 Å². The van der Waals surface area contributed by atoms with Crippen molar-refractivity contribution in [1.82, 2.24) is 4.90 Å². The van der Waals surface area contributed by atoms with E-state index in [1.807, 2.05) is 4.90 Å². The predicted octanol–water partition coefficient (Wildman–Crippen LogP) is 2.87.